The fourth-order valence-corrected chi connectivity index (χ4v) is 3.79. The number of thiophene rings is 1. The minimum absolute atomic E-state index is 0.197. The number of amides is 1. The Labute approximate surface area is 120 Å². The number of hydrogen-bond acceptors (Lipinski definition) is 3. The van der Waals surface area contributed by atoms with Crippen molar-refractivity contribution in [3.8, 4) is 0 Å². The predicted octanol–water partition coefficient (Wildman–Crippen LogP) is 2.79. The van der Waals surface area contributed by atoms with Crippen molar-refractivity contribution in [1.29, 1.82) is 0 Å². The zero-order chi connectivity index (χ0) is 14.0. The molecule has 1 aliphatic rings. The fraction of sp³-hybridized carbons (Fsp3) is 0.667. The van der Waals surface area contributed by atoms with Crippen molar-refractivity contribution in [2.75, 3.05) is 27.2 Å². The molecule has 1 aromatic heterocycles. The van der Waals surface area contributed by atoms with Gasteiger partial charge < -0.3 is 9.80 Å². The van der Waals surface area contributed by atoms with Crippen molar-refractivity contribution in [3.63, 3.8) is 0 Å². The maximum atomic E-state index is 12.5. The van der Waals surface area contributed by atoms with Crippen LogP contribution in [0.5, 0.6) is 0 Å². The summed E-state index contributed by atoms with van der Waals surface area (Å²) in [6, 6.07) is 2.45. The van der Waals surface area contributed by atoms with Gasteiger partial charge in [-0.15, -0.1) is 11.3 Å². The number of likely N-dealkylation sites (tertiary alicyclic amines) is 1. The van der Waals surface area contributed by atoms with E-state index in [0.29, 0.717) is 6.04 Å². The molecule has 0 spiro atoms. The summed E-state index contributed by atoms with van der Waals surface area (Å²) < 4.78 is 0. The molecule has 0 atom stereocenters. The van der Waals surface area contributed by atoms with Crippen LogP contribution in [0.25, 0.3) is 0 Å². The molecule has 106 valence electrons. The van der Waals surface area contributed by atoms with E-state index in [9.17, 15) is 4.79 Å². The second kappa shape index (κ2) is 6.06. The Morgan fingerprint density at radius 2 is 2.11 bits per heavy atom. The highest BCUT2D eigenvalue weighted by molar-refractivity contribution is 7.14. The van der Waals surface area contributed by atoms with Gasteiger partial charge in [0.15, 0.2) is 0 Å². The van der Waals surface area contributed by atoms with Crippen LogP contribution >= 0.6 is 11.3 Å². The van der Waals surface area contributed by atoms with Gasteiger partial charge in [0.1, 0.15) is 0 Å². The summed E-state index contributed by atoms with van der Waals surface area (Å²) in [6.45, 7) is 6.42. The van der Waals surface area contributed by atoms with Crippen molar-refractivity contribution in [3.05, 3.63) is 21.4 Å². The maximum Gasteiger partial charge on any atom is 0.263 e. The summed E-state index contributed by atoms with van der Waals surface area (Å²) in [4.78, 5) is 19.1. The highest BCUT2D eigenvalue weighted by atomic mass is 32.1. The second-order valence-electron chi connectivity index (χ2n) is 5.52. The lowest BCUT2D eigenvalue weighted by Crippen LogP contribution is -2.44. The molecule has 0 aliphatic carbocycles. The largest absolute Gasteiger partial charge is 0.338 e. The first-order valence-electron chi connectivity index (χ1n) is 7.08. The summed E-state index contributed by atoms with van der Waals surface area (Å²) in [5, 5.41) is 0. The molecule has 2 heterocycles. The molecule has 0 aromatic carbocycles. The first-order chi connectivity index (χ1) is 9.02. The van der Waals surface area contributed by atoms with Crippen molar-refractivity contribution in [2.24, 2.45) is 0 Å². The number of hydrogen-bond donors (Lipinski definition) is 0. The van der Waals surface area contributed by atoms with Crippen molar-refractivity contribution in [2.45, 2.75) is 39.2 Å². The number of aryl methyl sites for hydroxylation is 2. The van der Waals surface area contributed by atoms with Crippen LogP contribution in [0.15, 0.2) is 6.07 Å². The molecule has 1 aromatic rings. The SMILES string of the molecule is CCc1sc(C(=O)N(C)C2CCN(C)CC2)cc1C. The zero-order valence-electron chi connectivity index (χ0n) is 12.4. The predicted molar refractivity (Wildman–Crippen MR) is 81.0 cm³/mol. The second-order valence-corrected chi connectivity index (χ2v) is 6.66. The minimum Gasteiger partial charge on any atom is -0.338 e. The molecule has 1 fully saturated rings. The molecule has 0 bridgehead atoms. The number of rotatable bonds is 3. The molecule has 4 heteroatoms. The third-order valence-corrected chi connectivity index (χ3v) is 5.48. The average molecular weight is 280 g/mol. The number of piperidine rings is 1. The van der Waals surface area contributed by atoms with Gasteiger partial charge in [-0.25, -0.2) is 0 Å². The van der Waals surface area contributed by atoms with E-state index in [0.717, 1.165) is 37.2 Å². The molecule has 0 N–H and O–H groups in total. The normalized spacial score (nSPS) is 17.7. The molecule has 1 saturated heterocycles. The van der Waals surface area contributed by atoms with Crippen molar-refractivity contribution >= 4 is 17.2 Å². The Balaban J connectivity index is 2.05. The van der Waals surface area contributed by atoms with Crippen LogP contribution in [0.4, 0.5) is 0 Å². The number of carbonyl (C=O) groups excluding carboxylic acids is 1. The lowest BCUT2D eigenvalue weighted by atomic mass is 10.0. The summed E-state index contributed by atoms with van der Waals surface area (Å²) in [5.74, 6) is 0.197. The summed E-state index contributed by atoms with van der Waals surface area (Å²) in [6.07, 6.45) is 3.19. The van der Waals surface area contributed by atoms with Crippen LogP contribution in [0, 0.1) is 6.92 Å². The smallest absolute Gasteiger partial charge is 0.263 e. The van der Waals surface area contributed by atoms with Crippen LogP contribution in [-0.4, -0.2) is 48.9 Å². The molecule has 0 radical (unpaired) electrons. The van der Waals surface area contributed by atoms with E-state index in [2.05, 4.69) is 31.9 Å². The number of carbonyl (C=O) groups is 1. The molecule has 1 aliphatic heterocycles. The van der Waals surface area contributed by atoms with Gasteiger partial charge in [0, 0.05) is 18.0 Å². The van der Waals surface area contributed by atoms with Crippen LogP contribution in [-0.2, 0) is 6.42 Å². The van der Waals surface area contributed by atoms with E-state index >= 15 is 0 Å². The van der Waals surface area contributed by atoms with Crippen LogP contribution in [0.1, 0.15) is 39.9 Å². The minimum atomic E-state index is 0.197. The van der Waals surface area contributed by atoms with Gasteiger partial charge in [-0.1, -0.05) is 6.92 Å². The monoisotopic (exact) mass is 280 g/mol. The lowest BCUT2D eigenvalue weighted by molar-refractivity contribution is 0.0664. The number of nitrogens with zero attached hydrogens (tertiary/aromatic N) is 2. The third kappa shape index (κ3) is 3.18. The highest BCUT2D eigenvalue weighted by Gasteiger charge is 2.25. The van der Waals surface area contributed by atoms with Crippen molar-refractivity contribution < 1.29 is 4.79 Å². The standard InChI is InChI=1S/C15H24N2OS/c1-5-13-11(2)10-14(19-13)15(18)17(4)12-6-8-16(3)9-7-12/h10,12H,5-9H2,1-4H3. The van der Waals surface area contributed by atoms with Crippen LogP contribution < -0.4 is 0 Å². The van der Waals surface area contributed by atoms with Gasteiger partial charge in [0.2, 0.25) is 0 Å². The first kappa shape index (κ1) is 14.5. The quantitative estimate of drug-likeness (QED) is 0.850. The fourth-order valence-electron chi connectivity index (χ4n) is 2.70. The van der Waals surface area contributed by atoms with E-state index in [-0.39, 0.29) is 5.91 Å². The van der Waals surface area contributed by atoms with Crippen molar-refractivity contribution in [1.82, 2.24) is 9.80 Å². The lowest BCUT2D eigenvalue weighted by Gasteiger charge is -2.34. The van der Waals surface area contributed by atoms with Gasteiger partial charge in [0.25, 0.3) is 5.91 Å². The zero-order valence-corrected chi connectivity index (χ0v) is 13.2. The molecule has 2 rings (SSSR count). The Kier molecular flexibility index (Phi) is 4.63. The Bertz CT molecular complexity index is 447. The van der Waals surface area contributed by atoms with E-state index in [1.807, 2.05) is 11.9 Å². The molecule has 0 unspecified atom stereocenters. The average Bonchev–Trinajstić information content (AvgIpc) is 2.79. The molecule has 1 amide bonds. The topological polar surface area (TPSA) is 23.6 Å². The Morgan fingerprint density at radius 1 is 1.47 bits per heavy atom. The molecular weight excluding hydrogens is 256 g/mol. The molecule has 0 saturated carbocycles. The van der Waals surface area contributed by atoms with E-state index in [1.165, 1.54) is 10.4 Å². The molecule has 19 heavy (non-hydrogen) atoms. The highest BCUT2D eigenvalue weighted by Crippen LogP contribution is 2.25. The van der Waals surface area contributed by atoms with Gasteiger partial charge in [-0.3, -0.25) is 4.79 Å². The molecular formula is C15H24N2OS. The first-order valence-corrected chi connectivity index (χ1v) is 7.89. The maximum absolute atomic E-state index is 12.5. The summed E-state index contributed by atoms with van der Waals surface area (Å²) >= 11 is 1.66. The van der Waals surface area contributed by atoms with Crippen LogP contribution in [0.3, 0.4) is 0 Å². The summed E-state index contributed by atoms with van der Waals surface area (Å²) in [5.41, 5.74) is 1.26. The van der Waals surface area contributed by atoms with E-state index < -0.39 is 0 Å². The molecule has 3 nitrogen and oxygen atoms in total. The van der Waals surface area contributed by atoms with Gasteiger partial charge in [-0.05, 0) is 58.0 Å². The van der Waals surface area contributed by atoms with Gasteiger partial charge in [0.05, 0.1) is 4.88 Å². The Morgan fingerprint density at radius 3 is 2.63 bits per heavy atom. The van der Waals surface area contributed by atoms with Gasteiger partial charge >= 0.3 is 0 Å². The van der Waals surface area contributed by atoms with Gasteiger partial charge in [-0.2, -0.15) is 0 Å². The summed E-state index contributed by atoms with van der Waals surface area (Å²) in [7, 11) is 4.10. The third-order valence-electron chi connectivity index (χ3n) is 4.11. The van der Waals surface area contributed by atoms with Crippen LogP contribution in [0.2, 0.25) is 0 Å². The van der Waals surface area contributed by atoms with E-state index in [4.69, 9.17) is 0 Å². The van der Waals surface area contributed by atoms with E-state index in [1.54, 1.807) is 11.3 Å². The Hall–Kier alpha value is -0.870.